The average Bonchev–Trinajstić information content (AvgIpc) is 2.81. The van der Waals surface area contributed by atoms with Gasteiger partial charge in [0.15, 0.2) is 0 Å². The van der Waals surface area contributed by atoms with E-state index in [2.05, 4.69) is 67.1 Å². The smallest absolute Gasteiger partial charge is 0.0704 e. The lowest BCUT2D eigenvalue weighted by Gasteiger charge is -2.40. The SMILES string of the molecule is CCCC(C)(C)CC.CCCC(C)(C)CC(OCCOCCOC)C(C)(C)CC(C)O.CCOC.CO. The molecule has 0 aromatic rings. The van der Waals surface area contributed by atoms with Crippen molar-refractivity contribution in [1.29, 1.82) is 0 Å². The summed E-state index contributed by atoms with van der Waals surface area (Å²) in [5.41, 5.74) is 0.771. The van der Waals surface area contributed by atoms with Crippen molar-refractivity contribution >= 4 is 0 Å². The topological polar surface area (TPSA) is 77.4 Å². The van der Waals surface area contributed by atoms with Gasteiger partial charge in [0.25, 0.3) is 0 Å². The molecule has 2 N–H and O–H groups in total. The Balaban J connectivity index is -0.000000319. The van der Waals surface area contributed by atoms with Gasteiger partial charge in [0.05, 0.1) is 38.6 Å². The first-order chi connectivity index (χ1) is 17.2. The van der Waals surface area contributed by atoms with E-state index in [0.29, 0.717) is 31.8 Å². The fourth-order valence-electron chi connectivity index (χ4n) is 4.08. The van der Waals surface area contributed by atoms with E-state index >= 15 is 0 Å². The Morgan fingerprint density at radius 1 is 0.676 bits per heavy atom. The molecular formula is C31H70O6. The largest absolute Gasteiger partial charge is 0.400 e. The Morgan fingerprint density at radius 2 is 1.14 bits per heavy atom. The zero-order valence-electron chi connectivity index (χ0n) is 27.7. The number of aliphatic hydroxyl groups excluding tert-OH is 2. The summed E-state index contributed by atoms with van der Waals surface area (Å²) >= 11 is 0. The standard InChI is InChI=1S/C19H40O4.C8H18.C3H8O.CH4O/c1-8-9-18(3,4)15-17(19(5,6)14-16(2)20)23-13-12-22-11-10-21-7;1-5-7-8(3,4)6-2;1-3-4-2;1-2/h16-17,20H,8-15H2,1-7H3;5-7H2,1-4H3;3H2,1-2H3;2H,1H3. The molecule has 230 valence electrons. The van der Waals surface area contributed by atoms with Crippen LogP contribution in [0.5, 0.6) is 0 Å². The van der Waals surface area contributed by atoms with Gasteiger partial charge in [-0.15, -0.1) is 0 Å². The van der Waals surface area contributed by atoms with E-state index in [-0.39, 0.29) is 23.0 Å². The van der Waals surface area contributed by atoms with Gasteiger partial charge in [-0.2, -0.15) is 0 Å². The first kappa shape index (κ1) is 43.8. The van der Waals surface area contributed by atoms with E-state index < -0.39 is 0 Å². The van der Waals surface area contributed by atoms with Gasteiger partial charge >= 0.3 is 0 Å². The highest BCUT2D eigenvalue weighted by Gasteiger charge is 2.35. The van der Waals surface area contributed by atoms with Gasteiger partial charge in [0.1, 0.15) is 0 Å². The second kappa shape index (κ2) is 27.3. The van der Waals surface area contributed by atoms with Gasteiger partial charge in [0.2, 0.25) is 0 Å². The highest BCUT2D eigenvalue weighted by Crippen LogP contribution is 2.38. The maximum Gasteiger partial charge on any atom is 0.0704 e. The number of aliphatic hydroxyl groups is 2. The Labute approximate surface area is 233 Å². The molecule has 0 amide bonds. The van der Waals surface area contributed by atoms with Crippen LogP contribution in [0.15, 0.2) is 0 Å². The van der Waals surface area contributed by atoms with Crippen molar-refractivity contribution in [2.45, 2.75) is 133 Å². The van der Waals surface area contributed by atoms with Crippen molar-refractivity contribution in [2.75, 3.05) is 54.4 Å². The van der Waals surface area contributed by atoms with Crippen molar-refractivity contribution < 1.29 is 29.2 Å². The summed E-state index contributed by atoms with van der Waals surface area (Å²) in [6.07, 6.45) is 7.89. The summed E-state index contributed by atoms with van der Waals surface area (Å²) in [5, 5.41) is 16.8. The molecule has 0 rings (SSSR count). The van der Waals surface area contributed by atoms with E-state index in [9.17, 15) is 5.11 Å². The molecule has 2 atom stereocenters. The average molecular weight is 539 g/mol. The zero-order chi connectivity index (χ0) is 30.0. The lowest BCUT2D eigenvalue weighted by molar-refractivity contribution is -0.0825. The Bertz CT molecular complexity index is 433. The highest BCUT2D eigenvalue weighted by atomic mass is 16.5. The fourth-order valence-corrected chi connectivity index (χ4v) is 4.08. The molecule has 0 radical (unpaired) electrons. The van der Waals surface area contributed by atoms with Crippen LogP contribution in [0, 0.1) is 16.2 Å². The van der Waals surface area contributed by atoms with Crippen LogP contribution < -0.4 is 0 Å². The van der Waals surface area contributed by atoms with Gasteiger partial charge in [-0.1, -0.05) is 81.6 Å². The fraction of sp³-hybridized carbons (Fsp3) is 1.00. The lowest BCUT2D eigenvalue weighted by atomic mass is 9.72. The van der Waals surface area contributed by atoms with Crippen molar-refractivity contribution in [3.63, 3.8) is 0 Å². The summed E-state index contributed by atoms with van der Waals surface area (Å²) in [5.74, 6) is 0. The number of hydrogen-bond donors (Lipinski definition) is 2. The third kappa shape index (κ3) is 31.9. The molecule has 0 aliphatic heterocycles. The molecule has 0 spiro atoms. The third-order valence-corrected chi connectivity index (χ3v) is 6.51. The van der Waals surface area contributed by atoms with Crippen LogP contribution in [0.2, 0.25) is 0 Å². The van der Waals surface area contributed by atoms with Gasteiger partial charge in [-0.3, -0.25) is 0 Å². The molecule has 0 heterocycles. The van der Waals surface area contributed by atoms with Crippen molar-refractivity contribution in [3.8, 4) is 0 Å². The number of ether oxygens (including phenoxy) is 4. The van der Waals surface area contributed by atoms with Crippen molar-refractivity contribution in [2.24, 2.45) is 16.2 Å². The molecule has 0 aliphatic carbocycles. The minimum Gasteiger partial charge on any atom is -0.400 e. The molecule has 0 aromatic carbocycles. The normalized spacial score (nSPS) is 13.3. The molecule has 0 fully saturated rings. The minimum absolute atomic E-state index is 0.0638. The van der Waals surface area contributed by atoms with Crippen LogP contribution in [0.4, 0.5) is 0 Å². The van der Waals surface area contributed by atoms with Crippen molar-refractivity contribution in [3.05, 3.63) is 0 Å². The number of hydrogen-bond acceptors (Lipinski definition) is 6. The van der Waals surface area contributed by atoms with E-state index in [0.717, 1.165) is 26.6 Å². The van der Waals surface area contributed by atoms with Crippen LogP contribution in [0.3, 0.4) is 0 Å². The highest BCUT2D eigenvalue weighted by molar-refractivity contribution is 4.86. The van der Waals surface area contributed by atoms with Crippen molar-refractivity contribution in [1.82, 2.24) is 0 Å². The summed E-state index contributed by atoms with van der Waals surface area (Å²) in [7, 11) is 4.35. The van der Waals surface area contributed by atoms with Gasteiger partial charge in [0, 0.05) is 27.9 Å². The number of methoxy groups -OCH3 is 2. The van der Waals surface area contributed by atoms with Crippen LogP contribution in [0.25, 0.3) is 0 Å². The Morgan fingerprint density at radius 3 is 1.49 bits per heavy atom. The molecular weight excluding hydrogens is 468 g/mol. The monoisotopic (exact) mass is 539 g/mol. The summed E-state index contributed by atoms with van der Waals surface area (Å²) in [6.45, 7) is 27.4. The summed E-state index contributed by atoms with van der Waals surface area (Å²) < 4.78 is 21.2. The van der Waals surface area contributed by atoms with Crippen LogP contribution in [-0.4, -0.2) is 76.8 Å². The molecule has 2 unspecified atom stereocenters. The van der Waals surface area contributed by atoms with Crippen LogP contribution in [-0.2, 0) is 18.9 Å². The zero-order valence-corrected chi connectivity index (χ0v) is 27.7. The lowest BCUT2D eigenvalue weighted by Crippen LogP contribution is -2.39. The predicted octanol–water partition coefficient (Wildman–Crippen LogP) is 7.53. The predicted molar refractivity (Wildman–Crippen MR) is 160 cm³/mol. The van der Waals surface area contributed by atoms with Gasteiger partial charge < -0.3 is 29.2 Å². The minimum atomic E-state index is -0.316. The second-order valence-electron chi connectivity index (χ2n) is 12.0. The molecule has 0 aromatic heterocycles. The molecule has 0 bridgehead atoms. The first-order valence-corrected chi connectivity index (χ1v) is 14.5. The molecule has 6 nitrogen and oxygen atoms in total. The summed E-state index contributed by atoms with van der Waals surface area (Å²) in [6, 6.07) is 0. The quantitative estimate of drug-likeness (QED) is 0.176. The molecule has 0 saturated carbocycles. The van der Waals surface area contributed by atoms with E-state index in [1.807, 2.05) is 13.8 Å². The van der Waals surface area contributed by atoms with Gasteiger partial charge in [-0.05, 0) is 55.8 Å². The van der Waals surface area contributed by atoms with E-state index in [1.165, 1.54) is 32.1 Å². The third-order valence-electron chi connectivity index (χ3n) is 6.51. The maximum atomic E-state index is 9.81. The molecule has 37 heavy (non-hydrogen) atoms. The first-order valence-electron chi connectivity index (χ1n) is 14.5. The number of rotatable bonds is 18. The molecule has 0 aliphatic rings. The maximum absolute atomic E-state index is 9.81. The van der Waals surface area contributed by atoms with Crippen LogP contribution in [0.1, 0.15) is 121 Å². The van der Waals surface area contributed by atoms with E-state index in [1.54, 1.807) is 14.2 Å². The van der Waals surface area contributed by atoms with Gasteiger partial charge in [-0.25, -0.2) is 0 Å². The Hall–Kier alpha value is -0.240. The Kier molecular flexibility index (Phi) is 32.4. The second-order valence-corrected chi connectivity index (χ2v) is 12.0. The summed E-state index contributed by atoms with van der Waals surface area (Å²) in [4.78, 5) is 0. The van der Waals surface area contributed by atoms with Crippen LogP contribution >= 0.6 is 0 Å². The molecule has 0 saturated heterocycles. The van der Waals surface area contributed by atoms with E-state index in [4.69, 9.17) is 19.3 Å². The molecule has 6 heteroatoms.